The first-order chi connectivity index (χ1) is 10.6. The van der Waals surface area contributed by atoms with Gasteiger partial charge < -0.3 is 9.47 Å². The molecule has 0 amide bonds. The molecule has 2 heterocycles. The maximum absolute atomic E-state index is 12.2. The molecule has 0 bridgehead atoms. The lowest BCUT2D eigenvalue weighted by atomic mass is 10.2. The van der Waals surface area contributed by atoms with E-state index in [0.29, 0.717) is 31.5 Å². The predicted molar refractivity (Wildman–Crippen MR) is 86.5 cm³/mol. The van der Waals surface area contributed by atoms with E-state index in [1.807, 2.05) is 18.2 Å². The van der Waals surface area contributed by atoms with Gasteiger partial charge in [-0.2, -0.15) is 4.31 Å². The average Bonchev–Trinajstić information content (AvgIpc) is 2.96. The van der Waals surface area contributed by atoms with E-state index in [1.54, 1.807) is 13.2 Å². The highest BCUT2D eigenvalue weighted by Gasteiger charge is 2.21. The van der Waals surface area contributed by atoms with Gasteiger partial charge in [-0.3, -0.25) is 0 Å². The Labute approximate surface area is 133 Å². The van der Waals surface area contributed by atoms with Gasteiger partial charge in [0.15, 0.2) is 0 Å². The number of fused-ring (bicyclic) bond motifs is 1. The summed E-state index contributed by atoms with van der Waals surface area (Å²) in [5, 5.41) is 1.84. The molecule has 3 rings (SSSR count). The summed E-state index contributed by atoms with van der Waals surface area (Å²) in [5.41, 5.74) is 1.66. The molecule has 0 saturated carbocycles. The molecule has 1 fully saturated rings. The Morgan fingerprint density at radius 3 is 2.86 bits per heavy atom. The van der Waals surface area contributed by atoms with Crippen LogP contribution in [0.15, 0.2) is 23.6 Å². The van der Waals surface area contributed by atoms with Crippen molar-refractivity contribution in [3.63, 3.8) is 0 Å². The van der Waals surface area contributed by atoms with Crippen LogP contribution in [-0.2, 0) is 14.8 Å². The Kier molecular flexibility index (Phi) is 4.44. The number of methoxy groups -OCH3 is 1. The molecule has 0 N–H and O–H groups in total. The maximum Gasteiger partial charge on any atom is 0.274 e. The molecule has 1 aliphatic heterocycles. The van der Waals surface area contributed by atoms with E-state index in [2.05, 4.69) is 4.98 Å². The first-order valence-electron chi connectivity index (χ1n) is 6.79. The Hall–Kier alpha value is -1.48. The van der Waals surface area contributed by atoms with Crippen LogP contribution in [0, 0.1) is 0 Å². The van der Waals surface area contributed by atoms with Crippen molar-refractivity contribution < 1.29 is 17.9 Å². The van der Waals surface area contributed by atoms with E-state index in [9.17, 15) is 8.42 Å². The van der Waals surface area contributed by atoms with Crippen LogP contribution in [0.25, 0.3) is 16.3 Å². The monoisotopic (exact) mass is 340 g/mol. The lowest BCUT2D eigenvalue weighted by molar-refractivity contribution is 0.0736. The van der Waals surface area contributed by atoms with E-state index in [0.717, 1.165) is 15.8 Å². The quantitative estimate of drug-likeness (QED) is 0.851. The SMILES string of the molecule is COc1nc2ccc(/C=C/S(=O)(=O)N3CCOCC3)cc2s1. The molecule has 8 heteroatoms. The number of aromatic nitrogens is 1. The van der Waals surface area contributed by atoms with Gasteiger partial charge in [0.2, 0.25) is 10.0 Å². The lowest BCUT2D eigenvalue weighted by Crippen LogP contribution is -2.39. The second-order valence-corrected chi connectivity index (χ2v) is 7.58. The number of ether oxygens (including phenoxy) is 2. The normalized spacial score (nSPS) is 17.3. The van der Waals surface area contributed by atoms with Crippen LogP contribution in [0.2, 0.25) is 0 Å². The first-order valence-corrected chi connectivity index (χ1v) is 9.11. The van der Waals surface area contributed by atoms with Crippen molar-refractivity contribution in [2.45, 2.75) is 0 Å². The van der Waals surface area contributed by atoms with Gasteiger partial charge >= 0.3 is 0 Å². The minimum atomic E-state index is -3.40. The van der Waals surface area contributed by atoms with Crippen molar-refractivity contribution in [3.05, 3.63) is 29.2 Å². The van der Waals surface area contributed by atoms with Crippen LogP contribution >= 0.6 is 11.3 Å². The van der Waals surface area contributed by atoms with Gasteiger partial charge in [-0.15, -0.1) is 0 Å². The fraction of sp³-hybridized carbons (Fsp3) is 0.357. The van der Waals surface area contributed by atoms with Gasteiger partial charge in [0.1, 0.15) is 0 Å². The standard InChI is InChI=1S/C14H16N2O4S2/c1-19-14-15-12-3-2-11(10-13(12)21-14)4-9-22(17,18)16-5-7-20-8-6-16/h2-4,9-10H,5-8H2,1H3/b9-4+. The van der Waals surface area contributed by atoms with Crippen molar-refractivity contribution in [3.8, 4) is 5.19 Å². The smallest absolute Gasteiger partial charge is 0.274 e. The molecule has 1 aromatic carbocycles. The van der Waals surface area contributed by atoms with Gasteiger partial charge in [0, 0.05) is 18.5 Å². The van der Waals surface area contributed by atoms with Gasteiger partial charge in [0.25, 0.3) is 5.19 Å². The first kappa shape index (κ1) is 15.4. The number of benzene rings is 1. The zero-order valence-electron chi connectivity index (χ0n) is 12.1. The van der Waals surface area contributed by atoms with Crippen LogP contribution in [0.1, 0.15) is 5.56 Å². The zero-order chi connectivity index (χ0) is 15.6. The molecular formula is C14H16N2O4S2. The summed E-state index contributed by atoms with van der Waals surface area (Å²) in [7, 11) is -1.82. The Morgan fingerprint density at radius 1 is 1.36 bits per heavy atom. The second kappa shape index (κ2) is 6.33. The number of thiazole rings is 1. The Morgan fingerprint density at radius 2 is 2.14 bits per heavy atom. The summed E-state index contributed by atoms with van der Waals surface area (Å²) in [6.07, 6.45) is 1.61. The largest absolute Gasteiger partial charge is 0.473 e. The van der Waals surface area contributed by atoms with Gasteiger partial charge in [-0.05, 0) is 23.8 Å². The third-order valence-electron chi connectivity index (χ3n) is 3.33. The molecular weight excluding hydrogens is 324 g/mol. The molecule has 0 spiro atoms. The number of hydrogen-bond acceptors (Lipinski definition) is 6. The molecule has 22 heavy (non-hydrogen) atoms. The van der Waals surface area contributed by atoms with Crippen LogP contribution in [-0.4, -0.2) is 51.1 Å². The van der Waals surface area contributed by atoms with Crippen molar-refractivity contribution in [2.75, 3.05) is 33.4 Å². The van der Waals surface area contributed by atoms with Crippen molar-refractivity contribution in [1.29, 1.82) is 0 Å². The van der Waals surface area contributed by atoms with E-state index in [1.165, 1.54) is 21.1 Å². The number of morpholine rings is 1. The van der Waals surface area contributed by atoms with Crippen LogP contribution in [0.3, 0.4) is 0 Å². The minimum Gasteiger partial charge on any atom is -0.473 e. The van der Waals surface area contributed by atoms with Crippen molar-refractivity contribution in [1.82, 2.24) is 9.29 Å². The summed E-state index contributed by atoms with van der Waals surface area (Å²) in [6.45, 7) is 1.69. The highest BCUT2D eigenvalue weighted by molar-refractivity contribution is 7.92. The summed E-state index contributed by atoms with van der Waals surface area (Å²) >= 11 is 1.43. The van der Waals surface area contributed by atoms with Gasteiger partial charge in [0.05, 0.1) is 30.5 Å². The van der Waals surface area contributed by atoms with Crippen LogP contribution in [0.5, 0.6) is 5.19 Å². The molecule has 1 saturated heterocycles. The number of sulfonamides is 1. The van der Waals surface area contributed by atoms with E-state index >= 15 is 0 Å². The van der Waals surface area contributed by atoms with Crippen LogP contribution < -0.4 is 4.74 Å². The van der Waals surface area contributed by atoms with Crippen molar-refractivity contribution >= 4 is 37.7 Å². The summed E-state index contributed by atoms with van der Waals surface area (Å²) in [6, 6.07) is 5.60. The summed E-state index contributed by atoms with van der Waals surface area (Å²) < 4.78 is 37.1. The molecule has 0 aliphatic carbocycles. The van der Waals surface area contributed by atoms with Gasteiger partial charge in [-0.1, -0.05) is 17.4 Å². The fourth-order valence-electron chi connectivity index (χ4n) is 2.16. The molecule has 0 radical (unpaired) electrons. The number of nitrogens with zero attached hydrogens (tertiary/aromatic N) is 2. The topological polar surface area (TPSA) is 68.7 Å². The Bertz CT molecular complexity index is 792. The van der Waals surface area contributed by atoms with E-state index in [4.69, 9.17) is 9.47 Å². The highest BCUT2D eigenvalue weighted by atomic mass is 32.2. The summed E-state index contributed by atoms with van der Waals surface area (Å²) in [5.74, 6) is 0. The molecule has 6 nitrogen and oxygen atoms in total. The minimum absolute atomic E-state index is 0.401. The Balaban J connectivity index is 1.82. The van der Waals surface area contributed by atoms with Gasteiger partial charge in [-0.25, -0.2) is 13.4 Å². The predicted octanol–water partition coefficient (Wildman–Crippen LogP) is 1.94. The number of rotatable bonds is 4. The van der Waals surface area contributed by atoms with Crippen molar-refractivity contribution in [2.24, 2.45) is 0 Å². The van der Waals surface area contributed by atoms with Crippen LogP contribution in [0.4, 0.5) is 0 Å². The molecule has 2 aromatic rings. The highest BCUT2D eigenvalue weighted by Crippen LogP contribution is 2.28. The average molecular weight is 340 g/mol. The van der Waals surface area contributed by atoms with E-state index in [-0.39, 0.29) is 0 Å². The molecule has 118 valence electrons. The lowest BCUT2D eigenvalue weighted by Gasteiger charge is -2.24. The molecule has 0 unspecified atom stereocenters. The third kappa shape index (κ3) is 3.30. The maximum atomic E-state index is 12.2. The molecule has 0 atom stereocenters. The molecule has 1 aliphatic rings. The third-order valence-corrected chi connectivity index (χ3v) is 5.87. The molecule has 1 aromatic heterocycles. The zero-order valence-corrected chi connectivity index (χ0v) is 13.7. The summed E-state index contributed by atoms with van der Waals surface area (Å²) in [4.78, 5) is 4.29. The second-order valence-electron chi connectivity index (χ2n) is 4.77. The van der Waals surface area contributed by atoms with E-state index < -0.39 is 10.0 Å². The fourth-order valence-corrected chi connectivity index (χ4v) is 4.15. The number of hydrogen-bond donors (Lipinski definition) is 0.